The Bertz CT molecular complexity index is 306. The van der Waals surface area contributed by atoms with E-state index < -0.39 is 0 Å². The third-order valence-electron chi connectivity index (χ3n) is 3.71. The van der Waals surface area contributed by atoms with Crippen molar-refractivity contribution >= 4 is 11.8 Å². The molecule has 5 nitrogen and oxygen atoms in total. The Hall–Kier alpha value is -1.10. The highest BCUT2D eigenvalue weighted by Crippen LogP contribution is 2.17. The van der Waals surface area contributed by atoms with Gasteiger partial charge < -0.3 is 16.4 Å². The van der Waals surface area contributed by atoms with Crippen molar-refractivity contribution in [1.29, 1.82) is 0 Å². The fraction of sp³-hybridized carbons (Fsp3) is 0.833. The van der Waals surface area contributed by atoms with Gasteiger partial charge in [-0.15, -0.1) is 0 Å². The van der Waals surface area contributed by atoms with Gasteiger partial charge in [-0.3, -0.25) is 9.59 Å². The highest BCUT2D eigenvalue weighted by Gasteiger charge is 2.30. The number of nitrogens with one attached hydrogen (secondary N) is 2. The molecule has 0 spiro atoms. The SMILES string of the molecule is NC1CCCCCC1NC(=O)[C@@H]1CCC(=O)N1. The fourth-order valence-electron chi connectivity index (χ4n) is 2.61. The molecule has 1 heterocycles. The van der Waals surface area contributed by atoms with E-state index in [1.807, 2.05) is 0 Å². The summed E-state index contributed by atoms with van der Waals surface area (Å²) in [5.74, 6) is -0.103. The molecule has 4 N–H and O–H groups in total. The summed E-state index contributed by atoms with van der Waals surface area (Å²) in [7, 11) is 0. The van der Waals surface area contributed by atoms with Gasteiger partial charge >= 0.3 is 0 Å². The van der Waals surface area contributed by atoms with Crippen LogP contribution in [-0.2, 0) is 9.59 Å². The van der Waals surface area contributed by atoms with E-state index in [4.69, 9.17) is 5.73 Å². The molecule has 0 bridgehead atoms. The van der Waals surface area contributed by atoms with Crippen molar-refractivity contribution in [2.75, 3.05) is 0 Å². The van der Waals surface area contributed by atoms with Crippen LogP contribution in [0, 0.1) is 0 Å². The van der Waals surface area contributed by atoms with Gasteiger partial charge in [0.2, 0.25) is 11.8 Å². The van der Waals surface area contributed by atoms with E-state index in [-0.39, 0.29) is 29.9 Å². The number of carbonyl (C=O) groups excluding carboxylic acids is 2. The molecule has 0 aromatic heterocycles. The highest BCUT2D eigenvalue weighted by atomic mass is 16.2. The maximum Gasteiger partial charge on any atom is 0.242 e. The van der Waals surface area contributed by atoms with Crippen molar-refractivity contribution in [3.63, 3.8) is 0 Å². The van der Waals surface area contributed by atoms with E-state index in [1.165, 1.54) is 6.42 Å². The molecule has 2 fully saturated rings. The van der Waals surface area contributed by atoms with Crippen molar-refractivity contribution in [2.24, 2.45) is 5.73 Å². The maximum absolute atomic E-state index is 11.9. The monoisotopic (exact) mass is 239 g/mol. The average Bonchev–Trinajstić information content (AvgIpc) is 2.63. The van der Waals surface area contributed by atoms with Crippen LogP contribution in [0.2, 0.25) is 0 Å². The molecule has 2 aliphatic rings. The van der Waals surface area contributed by atoms with Crippen LogP contribution in [0.3, 0.4) is 0 Å². The summed E-state index contributed by atoms with van der Waals surface area (Å²) in [6.07, 6.45) is 6.45. The standard InChI is InChI=1S/C12H21N3O2/c13-8-4-2-1-3-5-9(8)15-12(17)10-6-7-11(16)14-10/h8-10H,1-7,13H2,(H,14,16)(H,15,17)/t8?,9?,10-/m0/s1. The van der Waals surface area contributed by atoms with Crippen LogP contribution >= 0.6 is 0 Å². The van der Waals surface area contributed by atoms with Gasteiger partial charge in [0.05, 0.1) is 0 Å². The molecule has 0 radical (unpaired) electrons. The molecule has 0 aromatic rings. The van der Waals surface area contributed by atoms with Crippen LogP contribution in [0.5, 0.6) is 0 Å². The van der Waals surface area contributed by atoms with Crippen LogP contribution in [0.4, 0.5) is 0 Å². The Morgan fingerprint density at radius 2 is 2.00 bits per heavy atom. The van der Waals surface area contributed by atoms with Crippen molar-refractivity contribution in [3.8, 4) is 0 Å². The second-order valence-electron chi connectivity index (χ2n) is 5.08. The zero-order valence-corrected chi connectivity index (χ0v) is 10.1. The van der Waals surface area contributed by atoms with Gasteiger partial charge in [0.25, 0.3) is 0 Å². The van der Waals surface area contributed by atoms with Crippen LogP contribution in [0.15, 0.2) is 0 Å². The first-order valence-corrected chi connectivity index (χ1v) is 6.52. The van der Waals surface area contributed by atoms with Gasteiger partial charge in [-0.05, 0) is 19.3 Å². The van der Waals surface area contributed by atoms with E-state index in [0.717, 1.165) is 25.7 Å². The Morgan fingerprint density at radius 1 is 1.24 bits per heavy atom. The quantitative estimate of drug-likeness (QED) is 0.595. The molecular weight excluding hydrogens is 218 g/mol. The van der Waals surface area contributed by atoms with Crippen molar-refractivity contribution in [3.05, 3.63) is 0 Å². The van der Waals surface area contributed by atoms with Crippen LogP contribution in [0.1, 0.15) is 44.9 Å². The molecule has 1 aliphatic carbocycles. The average molecular weight is 239 g/mol. The molecule has 2 unspecified atom stereocenters. The van der Waals surface area contributed by atoms with Gasteiger partial charge in [0, 0.05) is 18.5 Å². The number of rotatable bonds is 2. The second-order valence-corrected chi connectivity index (χ2v) is 5.08. The molecule has 3 atom stereocenters. The third-order valence-corrected chi connectivity index (χ3v) is 3.71. The fourth-order valence-corrected chi connectivity index (χ4v) is 2.61. The minimum Gasteiger partial charge on any atom is -0.350 e. The summed E-state index contributed by atoms with van der Waals surface area (Å²) in [6.45, 7) is 0. The molecule has 1 saturated carbocycles. The number of nitrogens with two attached hydrogens (primary N) is 1. The lowest BCUT2D eigenvalue weighted by atomic mass is 10.0. The predicted octanol–water partition coefficient (Wildman–Crippen LogP) is 0.0412. The largest absolute Gasteiger partial charge is 0.350 e. The smallest absolute Gasteiger partial charge is 0.242 e. The third kappa shape index (κ3) is 3.19. The molecule has 17 heavy (non-hydrogen) atoms. The van der Waals surface area contributed by atoms with Crippen LogP contribution < -0.4 is 16.4 Å². The van der Waals surface area contributed by atoms with E-state index >= 15 is 0 Å². The Labute approximate surface area is 102 Å². The van der Waals surface area contributed by atoms with Gasteiger partial charge in [0.15, 0.2) is 0 Å². The van der Waals surface area contributed by atoms with Crippen LogP contribution in [-0.4, -0.2) is 29.9 Å². The van der Waals surface area contributed by atoms with Gasteiger partial charge in [-0.1, -0.05) is 19.3 Å². The Balaban J connectivity index is 1.86. The van der Waals surface area contributed by atoms with E-state index in [9.17, 15) is 9.59 Å². The molecular formula is C12H21N3O2. The Kier molecular flexibility index (Phi) is 3.99. The van der Waals surface area contributed by atoms with Crippen molar-refractivity contribution in [2.45, 2.75) is 63.1 Å². The zero-order valence-electron chi connectivity index (χ0n) is 10.1. The lowest BCUT2D eigenvalue weighted by molar-refractivity contribution is -0.126. The van der Waals surface area contributed by atoms with Crippen LogP contribution in [0.25, 0.3) is 0 Å². The van der Waals surface area contributed by atoms with Gasteiger partial charge in [-0.25, -0.2) is 0 Å². The number of carbonyl (C=O) groups is 2. The summed E-state index contributed by atoms with van der Waals surface area (Å²) in [5, 5.41) is 5.67. The summed E-state index contributed by atoms with van der Waals surface area (Å²) in [4.78, 5) is 23.0. The molecule has 1 aliphatic heterocycles. The number of hydrogen-bond donors (Lipinski definition) is 3. The van der Waals surface area contributed by atoms with Crippen molar-refractivity contribution in [1.82, 2.24) is 10.6 Å². The predicted molar refractivity (Wildman–Crippen MR) is 64.2 cm³/mol. The van der Waals surface area contributed by atoms with Gasteiger partial charge in [-0.2, -0.15) is 0 Å². The first-order valence-electron chi connectivity index (χ1n) is 6.52. The van der Waals surface area contributed by atoms with E-state index in [0.29, 0.717) is 12.8 Å². The molecule has 1 saturated heterocycles. The zero-order chi connectivity index (χ0) is 12.3. The highest BCUT2D eigenvalue weighted by molar-refractivity contribution is 5.90. The number of hydrogen-bond acceptors (Lipinski definition) is 3. The number of amides is 2. The first kappa shape index (κ1) is 12.4. The summed E-state index contributed by atoms with van der Waals surface area (Å²) in [6, 6.07) is -0.223. The van der Waals surface area contributed by atoms with E-state index in [2.05, 4.69) is 10.6 Å². The van der Waals surface area contributed by atoms with E-state index in [1.54, 1.807) is 0 Å². The molecule has 0 aromatic carbocycles. The minimum absolute atomic E-state index is 0.0321. The first-order chi connectivity index (χ1) is 8.16. The Morgan fingerprint density at radius 3 is 2.71 bits per heavy atom. The molecule has 5 heteroatoms. The molecule has 2 rings (SSSR count). The lowest BCUT2D eigenvalue weighted by Crippen LogP contribution is -2.52. The topological polar surface area (TPSA) is 84.2 Å². The minimum atomic E-state index is -0.349. The van der Waals surface area contributed by atoms with Crippen molar-refractivity contribution < 1.29 is 9.59 Å². The summed E-state index contributed by atoms with van der Waals surface area (Å²) in [5.41, 5.74) is 6.05. The normalized spacial score (nSPS) is 33.9. The van der Waals surface area contributed by atoms with Gasteiger partial charge in [0.1, 0.15) is 6.04 Å². The summed E-state index contributed by atoms with van der Waals surface area (Å²) < 4.78 is 0. The summed E-state index contributed by atoms with van der Waals surface area (Å²) >= 11 is 0. The molecule has 96 valence electrons. The second kappa shape index (κ2) is 5.49. The maximum atomic E-state index is 11.9. The molecule has 2 amide bonds. The lowest BCUT2D eigenvalue weighted by Gasteiger charge is -2.24.